The minimum absolute atomic E-state index is 0.122. The molecule has 0 aliphatic heterocycles. The summed E-state index contributed by atoms with van der Waals surface area (Å²) in [5.74, 6) is 0.882. The molecule has 8 heteroatoms. The summed E-state index contributed by atoms with van der Waals surface area (Å²) < 4.78 is 5.34. The molecule has 2 aromatic heterocycles. The molecule has 0 saturated carbocycles. The predicted octanol–water partition coefficient (Wildman–Crippen LogP) is 2.33. The number of hydrogen-bond acceptors (Lipinski definition) is 7. The van der Waals surface area contributed by atoms with E-state index in [1.54, 1.807) is 13.8 Å². The summed E-state index contributed by atoms with van der Waals surface area (Å²) in [4.78, 5) is 18.4. The van der Waals surface area contributed by atoms with Crippen molar-refractivity contribution in [3.8, 4) is 0 Å². The second-order valence-corrected chi connectivity index (χ2v) is 4.48. The van der Waals surface area contributed by atoms with Crippen LogP contribution < -0.4 is 5.73 Å². The maximum atomic E-state index is 10.9. The Morgan fingerprint density at radius 3 is 2.67 bits per heavy atom. The smallest absolute Gasteiger partial charge is 0.302 e. The van der Waals surface area contributed by atoms with Gasteiger partial charge in [-0.1, -0.05) is 0 Å². The van der Waals surface area contributed by atoms with Crippen LogP contribution in [-0.2, 0) is 0 Å². The molecule has 2 aromatic rings. The van der Waals surface area contributed by atoms with Crippen molar-refractivity contribution in [1.29, 1.82) is 0 Å². The maximum absolute atomic E-state index is 10.9. The quantitative estimate of drug-likeness (QED) is 0.670. The normalized spacial score (nSPS) is 10.6. The van der Waals surface area contributed by atoms with Gasteiger partial charge in [0.05, 0.1) is 10.6 Å². The van der Waals surface area contributed by atoms with Crippen LogP contribution in [0.4, 0.5) is 11.5 Å². The number of oxazole rings is 1. The number of nitro groups is 1. The number of anilines is 1. The Kier molecular flexibility index (Phi) is 3.19. The van der Waals surface area contributed by atoms with E-state index >= 15 is 0 Å². The van der Waals surface area contributed by atoms with E-state index in [-0.39, 0.29) is 16.5 Å². The van der Waals surface area contributed by atoms with Crippen LogP contribution in [0, 0.1) is 24.0 Å². The van der Waals surface area contributed by atoms with Gasteiger partial charge in [0.1, 0.15) is 11.6 Å². The number of aryl methyl sites for hydroxylation is 2. The zero-order valence-corrected chi connectivity index (χ0v) is 10.5. The summed E-state index contributed by atoms with van der Waals surface area (Å²) >= 11 is 0.981. The van der Waals surface area contributed by atoms with Gasteiger partial charge in [-0.05, 0) is 31.7 Å². The molecule has 0 amide bonds. The molecule has 0 aromatic carbocycles. The fourth-order valence-electron chi connectivity index (χ4n) is 1.23. The van der Waals surface area contributed by atoms with Gasteiger partial charge in [0.15, 0.2) is 5.03 Å². The number of rotatable bonds is 3. The summed E-state index contributed by atoms with van der Waals surface area (Å²) in [7, 11) is 0. The minimum Gasteiger partial charge on any atom is -0.436 e. The fraction of sp³-hybridized carbons (Fsp3) is 0.200. The number of hydrogen-bond donors (Lipinski definition) is 1. The molecule has 0 unspecified atom stereocenters. The SMILES string of the molecule is Cc1nc(Sc2nc(N)ccc2[N+](=O)[O-])oc1C. The number of pyridine rings is 1. The van der Waals surface area contributed by atoms with Crippen LogP contribution in [0.3, 0.4) is 0 Å². The molecule has 2 heterocycles. The molecule has 94 valence electrons. The summed E-state index contributed by atoms with van der Waals surface area (Å²) in [6.07, 6.45) is 0. The lowest BCUT2D eigenvalue weighted by Gasteiger charge is -1.99. The van der Waals surface area contributed by atoms with Crippen molar-refractivity contribution >= 4 is 23.3 Å². The van der Waals surface area contributed by atoms with E-state index in [0.29, 0.717) is 11.0 Å². The summed E-state index contributed by atoms with van der Waals surface area (Å²) in [6.45, 7) is 3.57. The largest absolute Gasteiger partial charge is 0.436 e. The van der Waals surface area contributed by atoms with E-state index in [1.807, 2.05) is 0 Å². The van der Waals surface area contributed by atoms with Crippen LogP contribution in [0.25, 0.3) is 0 Å². The standard InChI is InChI=1S/C10H10N4O3S/c1-5-6(2)17-10(12-5)18-9-7(14(15)16)3-4-8(11)13-9/h3-4H,1-2H3,(H2,11,13). The molecule has 0 atom stereocenters. The van der Waals surface area contributed by atoms with Crippen LogP contribution in [-0.4, -0.2) is 14.9 Å². The highest BCUT2D eigenvalue weighted by atomic mass is 32.2. The van der Waals surface area contributed by atoms with Crippen LogP contribution in [0.5, 0.6) is 0 Å². The first-order valence-corrected chi connectivity index (χ1v) is 5.82. The van der Waals surface area contributed by atoms with E-state index in [2.05, 4.69) is 9.97 Å². The van der Waals surface area contributed by atoms with Gasteiger partial charge in [-0.15, -0.1) is 0 Å². The third-order valence-corrected chi connectivity index (χ3v) is 3.09. The number of nitrogens with zero attached hydrogens (tertiary/aromatic N) is 3. The highest BCUT2D eigenvalue weighted by Gasteiger charge is 2.19. The van der Waals surface area contributed by atoms with Crippen LogP contribution in [0.2, 0.25) is 0 Å². The van der Waals surface area contributed by atoms with Gasteiger partial charge < -0.3 is 10.2 Å². The molecular formula is C10H10N4O3S. The van der Waals surface area contributed by atoms with Crippen LogP contribution in [0.1, 0.15) is 11.5 Å². The van der Waals surface area contributed by atoms with Gasteiger partial charge in [0, 0.05) is 6.07 Å². The van der Waals surface area contributed by atoms with Crippen molar-refractivity contribution in [1.82, 2.24) is 9.97 Å². The first-order valence-electron chi connectivity index (χ1n) is 5.00. The van der Waals surface area contributed by atoms with Gasteiger partial charge in [-0.25, -0.2) is 9.97 Å². The lowest BCUT2D eigenvalue weighted by Crippen LogP contribution is -1.97. The Morgan fingerprint density at radius 1 is 1.39 bits per heavy atom. The molecule has 0 bridgehead atoms. The molecule has 0 spiro atoms. The van der Waals surface area contributed by atoms with Gasteiger partial charge in [-0.3, -0.25) is 10.1 Å². The summed E-state index contributed by atoms with van der Waals surface area (Å²) in [5.41, 5.74) is 6.14. The summed E-state index contributed by atoms with van der Waals surface area (Å²) in [5, 5.41) is 11.3. The van der Waals surface area contributed by atoms with Gasteiger partial charge in [-0.2, -0.15) is 0 Å². The second-order valence-electron chi connectivity index (χ2n) is 3.54. The first-order chi connectivity index (χ1) is 8.47. The van der Waals surface area contributed by atoms with E-state index in [1.165, 1.54) is 12.1 Å². The molecule has 2 rings (SSSR count). The molecule has 7 nitrogen and oxygen atoms in total. The van der Waals surface area contributed by atoms with Crippen molar-refractivity contribution < 1.29 is 9.34 Å². The monoisotopic (exact) mass is 266 g/mol. The zero-order valence-electron chi connectivity index (χ0n) is 9.71. The topological polar surface area (TPSA) is 108 Å². The molecule has 0 aliphatic rings. The van der Waals surface area contributed by atoms with Gasteiger partial charge in [0.25, 0.3) is 5.22 Å². The predicted molar refractivity (Wildman–Crippen MR) is 65.4 cm³/mol. The van der Waals surface area contributed by atoms with E-state index < -0.39 is 4.92 Å². The lowest BCUT2D eigenvalue weighted by atomic mass is 10.4. The lowest BCUT2D eigenvalue weighted by molar-refractivity contribution is -0.388. The first kappa shape index (κ1) is 12.4. The Balaban J connectivity index is 2.38. The van der Waals surface area contributed by atoms with Crippen LogP contribution >= 0.6 is 11.8 Å². The van der Waals surface area contributed by atoms with Crippen molar-refractivity contribution in [3.05, 3.63) is 33.7 Å². The molecule has 2 N–H and O–H groups in total. The Bertz CT molecular complexity index is 592. The average molecular weight is 266 g/mol. The highest BCUT2D eigenvalue weighted by molar-refractivity contribution is 7.99. The molecule has 0 fully saturated rings. The van der Waals surface area contributed by atoms with E-state index in [9.17, 15) is 10.1 Å². The maximum Gasteiger partial charge on any atom is 0.302 e. The highest BCUT2D eigenvalue weighted by Crippen LogP contribution is 2.33. The third kappa shape index (κ3) is 2.43. The van der Waals surface area contributed by atoms with Crippen molar-refractivity contribution in [2.24, 2.45) is 0 Å². The Morgan fingerprint density at radius 2 is 2.11 bits per heavy atom. The molecule has 18 heavy (non-hydrogen) atoms. The average Bonchev–Trinajstić information content (AvgIpc) is 2.57. The number of nitrogen functional groups attached to an aromatic ring is 1. The van der Waals surface area contributed by atoms with E-state index in [0.717, 1.165) is 17.5 Å². The number of nitrogens with two attached hydrogens (primary N) is 1. The Hall–Kier alpha value is -2.09. The van der Waals surface area contributed by atoms with Gasteiger partial charge >= 0.3 is 5.69 Å². The summed E-state index contributed by atoms with van der Waals surface area (Å²) in [6, 6.07) is 2.70. The number of aromatic nitrogens is 2. The minimum atomic E-state index is -0.516. The second kappa shape index (κ2) is 4.65. The molecule has 0 aliphatic carbocycles. The third-order valence-electron chi connectivity index (χ3n) is 2.25. The van der Waals surface area contributed by atoms with E-state index in [4.69, 9.17) is 10.2 Å². The van der Waals surface area contributed by atoms with Gasteiger partial charge in [0.2, 0.25) is 0 Å². The molecule has 0 radical (unpaired) electrons. The zero-order chi connectivity index (χ0) is 13.3. The van der Waals surface area contributed by atoms with Crippen molar-refractivity contribution in [3.63, 3.8) is 0 Å². The van der Waals surface area contributed by atoms with Crippen molar-refractivity contribution in [2.45, 2.75) is 24.1 Å². The van der Waals surface area contributed by atoms with Crippen LogP contribution in [0.15, 0.2) is 26.8 Å². The van der Waals surface area contributed by atoms with Crippen molar-refractivity contribution in [2.75, 3.05) is 5.73 Å². The molecule has 0 saturated heterocycles. The molecular weight excluding hydrogens is 256 g/mol. The fourth-order valence-corrected chi connectivity index (χ4v) is 2.14. The Labute approximate surface area is 107 Å².